The van der Waals surface area contributed by atoms with Gasteiger partial charge in [0.15, 0.2) is 0 Å². The van der Waals surface area contributed by atoms with Crippen LogP contribution in [-0.4, -0.2) is 19.0 Å². The van der Waals surface area contributed by atoms with E-state index in [1.807, 2.05) is 7.05 Å². The molecular formula is C14H23N3O. The molecule has 1 aromatic rings. The molecule has 0 aromatic heterocycles. The van der Waals surface area contributed by atoms with E-state index in [0.717, 1.165) is 5.69 Å². The molecule has 0 bridgehead atoms. The molecular weight excluding hydrogens is 226 g/mol. The monoisotopic (exact) mass is 249 g/mol. The van der Waals surface area contributed by atoms with Crippen LogP contribution in [0.4, 0.5) is 11.4 Å². The Hall–Kier alpha value is -1.71. The van der Waals surface area contributed by atoms with E-state index in [1.54, 1.807) is 18.2 Å². The van der Waals surface area contributed by atoms with Crippen molar-refractivity contribution in [2.75, 3.05) is 17.7 Å². The highest BCUT2D eigenvalue weighted by molar-refractivity contribution is 5.95. The number of amides is 1. The minimum atomic E-state index is -0.437. The van der Waals surface area contributed by atoms with Gasteiger partial charge < -0.3 is 16.4 Å². The van der Waals surface area contributed by atoms with E-state index < -0.39 is 5.91 Å². The van der Waals surface area contributed by atoms with Crippen molar-refractivity contribution in [2.45, 2.75) is 33.7 Å². The molecule has 0 saturated carbocycles. The van der Waals surface area contributed by atoms with Gasteiger partial charge in [0, 0.05) is 18.7 Å². The molecule has 0 aliphatic heterocycles. The summed E-state index contributed by atoms with van der Waals surface area (Å²) in [5.74, 6) is -0.437. The highest BCUT2D eigenvalue weighted by Crippen LogP contribution is 2.31. The van der Waals surface area contributed by atoms with Crippen LogP contribution in [0.15, 0.2) is 18.2 Å². The number of carbonyl (C=O) groups excluding carboxylic acids is 1. The molecule has 0 aliphatic carbocycles. The number of carbonyl (C=O) groups is 1. The SMILES string of the molecule is CC(N(C)c1cc(C(N)=O)ccc1N)C(C)(C)C. The number of nitrogens with two attached hydrogens (primary N) is 2. The van der Waals surface area contributed by atoms with E-state index in [4.69, 9.17) is 11.5 Å². The van der Waals surface area contributed by atoms with Crippen molar-refractivity contribution in [3.8, 4) is 0 Å². The molecule has 1 atom stereocenters. The van der Waals surface area contributed by atoms with Gasteiger partial charge in [-0.2, -0.15) is 0 Å². The van der Waals surface area contributed by atoms with E-state index in [-0.39, 0.29) is 11.5 Å². The Kier molecular flexibility index (Phi) is 3.89. The van der Waals surface area contributed by atoms with Crippen molar-refractivity contribution in [2.24, 2.45) is 11.1 Å². The van der Waals surface area contributed by atoms with Crippen LogP contribution in [-0.2, 0) is 0 Å². The molecule has 0 aliphatic rings. The van der Waals surface area contributed by atoms with Crippen molar-refractivity contribution in [1.29, 1.82) is 0 Å². The van der Waals surface area contributed by atoms with E-state index in [0.29, 0.717) is 11.3 Å². The molecule has 0 fully saturated rings. The van der Waals surface area contributed by atoms with Gasteiger partial charge in [0.1, 0.15) is 0 Å². The van der Waals surface area contributed by atoms with Crippen LogP contribution in [0.2, 0.25) is 0 Å². The summed E-state index contributed by atoms with van der Waals surface area (Å²) in [6.07, 6.45) is 0. The maximum atomic E-state index is 11.2. The lowest BCUT2D eigenvalue weighted by Crippen LogP contribution is -2.39. The molecule has 0 spiro atoms. The van der Waals surface area contributed by atoms with Crippen molar-refractivity contribution < 1.29 is 4.79 Å². The fourth-order valence-corrected chi connectivity index (χ4v) is 1.79. The quantitative estimate of drug-likeness (QED) is 0.807. The van der Waals surface area contributed by atoms with Gasteiger partial charge in [-0.15, -0.1) is 0 Å². The zero-order chi connectivity index (χ0) is 14.1. The Morgan fingerprint density at radius 2 is 1.89 bits per heavy atom. The highest BCUT2D eigenvalue weighted by Gasteiger charge is 2.25. The minimum Gasteiger partial charge on any atom is -0.397 e. The van der Waals surface area contributed by atoms with Crippen LogP contribution in [0.25, 0.3) is 0 Å². The Morgan fingerprint density at radius 1 is 1.33 bits per heavy atom. The Morgan fingerprint density at radius 3 is 2.33 bits per heavy atom. The third kappa shape index (κ3) is 2.94. The number of hydrogen-bond donors (Lipinski definition) is 2. The molecule has 1 amide bonds. The molecule has 1 rings (SSSR count). The van der Waals surface area contributed by atoms with Crippen LogP contribution in [0.3, 0.4) is 0 Å². The van der Waals surface area contributed by atoms with Crippen LogP contribution < -0.4 is 16.4 Å². The summed E-state index contributed by atoms with van der Waals surface area (Å²) < 4.78 is 0. The fourth-order valence-electron chi connectivity index (χ4n) is 1.79. The average molecular weight is 249 g/mol. The van der Waals surface area contributed by atoms with Crippen molar-refractivity contribution in [3.63, 3.8) is 0 Å². The normalized spacial score (nSPS) is 13.2. The van der Waals surface area contributed by atoms with Gasteiger partial charge in [-0.25, -0.2) is 0 Å². The maximum Gasteiger partial charge on any atom is 0.248 e. The number of benzene rings is 1. The Bertz CT molecular complexity index is 449. The van der Waals surface area contributed by atoms with Crippen molar-refractivity contribution in [3.05, 3.63) is 23.8 Å². The largest absolute Gasteiger partial charge is 0.397 e. The lowest BCUT2D eigenvalue weighted by Gasteiger charge is -2.37. The van der Waals surface area contributed by atoms with Crippen molar-refractivity contribution >= 4 is 17.3 Å². The molecule has 0 saturated heterocycles. The molecule has 1 aromatic carbocycles. The number of hydrogen-bond acceptors (Lipinski definition) is 3. The number of nitrogens with zero attached hydrogens (tertiary/aromatic N) is 1. The molecule has 100 valence electrons. The van der Waals surface area contributed by atoms with Crippen molar-refractivity contribution in [1.82, 2.24) is 0 Å². The summed E-state index contributed by atoms with van der Waals surface area (Å²) in [4.78, 5) is 13.3. The first kappa shape index (κ1) is 14.4. The standard InChI is InChI=1S/C14H23N3O/c1-9(14(2,3)4)17(5)12-8-10(13(16)18)6-7-11(12)15/h6-9H,15H2,1-5H3,(H2,16,18). The summed E-state index contributed by atoms with van der Waals surface area (Å²) in [6.45, 7) is 8.64. The minimum absolute atomic E-state index is 0.115. The first-order chi connectivity index (χ1) is 8.14. The summed E-state index contributed by atoms with van der Waals surface area (Å²) in [6, 6.07) is 5.40. The summed E-state index contributed by atoms with van der Waals surface area (Å²) >= 11 is 0. The second kappa shape index (κ2) is 4.88. The zero-order valence-electron chi connectivity index (χ0n) is 11.8. The second-order valence-corrected chi connectivity index (χ2v) is 5.79. The topological polar surface area (TPSA) is 72.3 Å². The maximum absolute atomic E-state index is 11.2. The van der Waals surface area contributed by atoms with Gasteiger partial charge in [-0.1, -0.05) is 20.8 Å². The fraction of sp³-hybridized carbons (Fsp3) is 0.500. The molecule has 4 N–H and O–H groups in total. The zero-order valence-corrected chi connectivity index (χ0v) is 11.8. The van der Waals surface area contributed by atoms with E-state index in [9.17, 15) is 4.79 Å². The van der Waals surface area contributed by atoms with E-state index in [2.05, 4.69) is 32.6 Å². The molecule has 1 unspecified atom stereocenters. The number of rotatable bonds is 3. The summed E-state index contributed by atoms with van der Waals surface area (Å²) in [5.41, 5.74) is 13.4. The van der Waals surface area contributed by atoms with Gasteiger partial charge in [-0.3, -0.25) is 4.79 Å². The lowest BCUT2D eigenvalue weighted by molar-refractivity contribution is 0.100. The Labute approximate surface area is 109 Å². The third-order valence-electron chi connectivity index (χ3n) is 3.53. The summed E-state index contributed by atoms with van der Waals surface area (Å²) in [5, 5.41) is 0. The smallest absolute Gasteiger partial charge is 0.248 e. The van der Waals surface area contributed by atoms with E-state index in [1.165, 1.54) is 0 Å². The molecule has 0 heterocycles. The van der Waals surface area contributed by atoms with Gasteiger partial charge in [0.25, 0.3) is 0 Å². The van der Waals surface area contributed by atoms with Gasteiger partial charge >= 0.3 is 0 Å². The second-order valence-electron chi connectivity index (χ2n) is 5.79. The molecule has 18 heavy (non-hydrogen) atoms. The number of anilines is 2. The van der Waals surface area contributed by atoms with Gasteiger partial charge in [0.2, 0.25) is 5.91 Å². The summed E-state index contributed by atoms with van der Waals surface area (Å²) in [7, 11) is 1.98. The highest BCUT2D eigenvalue weighted by atomic mass is 16.1. The van der Waals surface area contributed by atoms with Crippen LogP contribution >= 0.6 is 0 Å². The van der Waals surface area contributed by atoms with Gasteiger partial charge in [0.05, 0.1) is 11.4 Å². The first-order valence-corrected chi connectivity index (χ1v) is 6.06. The number of nitrogen functional groups attached to an aromatic ring is 1. The average Bonchev–Trinajstić information content (AvgIpc) is 2.26. The Balaban J connectivity index is 3.16. The van der Waals surface area contributed by atoms with Crippen LogP contribution in [0, 0.1) is 5.41 Å². The van der Waals surface area contributed by atoms with Crippen LogP contribution in [0.1, 0.15) is 38.1 Å². The molecule has 4 nitrogen and oxygen atoms in total. The third-order valence-corrected chi connectivity index (χ3v) is 3.53. The lowest BCUT2D eigenvalue weighted by atomic mass is 9.87. The predicted molar refractivity (Wildman–Crippen MR) is 76.7 cm³/mol. The first-order valence-electron chi connectivity index (χ1n) is 6.06. The molecule has 0 radical (unpaired) electrons. The number of primary amides is 1. The van der Waals surface area contributed by atoms with E-state index >= 15 is 0 Å². The van der Waals surface area contributed by atoms with Crippen LogP contribution in [0.5, 0.6) is 0 Å². The molecule has 4 heteroatoms. The predicted octanol–water partition coefficient (Wildman–Crippen LogP) is 2.24. The van der Waals surface area contributed by atoms with Gasteiger partial charge in [-0.05, 0) is 30.5 Å².